The topological polar surface area (TPSA) is 12.0 Å². The molecule has 5 rings (SSSR count). The molecule has 4 aromatic rings. The third-order valence-corrected chi connectivity index (χ3v) is 5.25. The van der Waals surface area contributed by atoms with E-state index in [1.807, 2.05) is 0 Å². The summed E-state index contributed by atoms with van der Waals surface area (Å²) in [5.74, 6) is 0. The summed E-state index contributed by atoms with van der Waals surface area (Å²) < 4.78 is 0. The molecule has 0 spiro atoms. The van der Waals surface area contributed by atoms with E-state index in [1.165, 1.54) is 57.1 Å². The second-order valence-electron chi connectivity index (χ2n) is 6.51. The molecular weight excluding hydrogens is 266 g/mol. The largest absolute Gasteiger partial charge is 0.310 e. The smallest absolute Gasteiger partial charge is 0.0326 e. The van der Waals surface area contributed by atoms with Gasteiger partial charge in [-0.2, -0.15) is 0 Å². The Morgan fingerprint density at radius 2 is 1.45 bits per heavy atom. The molecule has 0 radical (unpaired) electrons. The van der Waals surface area contributed by atoms with Crippen molar-refractivity contribution in [3.8, 4) is 0 Å². The van der Waals surface area contributed by atoms with Gasteiger partial charge in [0.15, 0.2) is 0 Å². The zero-order valence-electron chi connectivity index (χ0n) is 12.6. The zero-order valence-corrected chi connectivity index (χ0v) is 12.6. The van der Waals surface area contributed by atoms with Crippen LogP contribution < -0.4 is 5.32 Å². The first-order valence-corrected chi connectivity index (χ1v) is 8.32. The van der Waals surface area contributed by atoms with Crippen LogP contribution in [0, 0.1) is 0 Å². The van der Waals surface area contributed by atoms with Crippen LogP contribution in [0.1, 0.15) is 30.9 Å². The van der Waals surface area contributed by atoms with Crippen molar-refractivity contribution in [2.24, 2.45) is 0 Å². The van der Waals surface area contributed by atoms with E-state index >= 15 is 0 Å². The van der Waals surface area contributed by atoms with Crippen molar-refractivity contribution >= 4 is 32.3 Å². The van der Waals surface area contributed by atoms with E-state index in [1.54, 1.807) is 0 Å². The number of benzene rings is 4. The van der Waals surface area contributed by atoms with Gasteiger partial charge in [0.05, 0.1) is 0 Å². The van der Waals surface area contributed by atoms with Gasteiger partial charge < -0.3 is 5.32 Å². The lowest BCUT2D eigenvalue weighted by molar-refractivity contribution is 0.414. The van der Waals surface area contributed by atoms with E-state index < -0.39 is 0 Å². The van der Waals surface area contributed by atoms with Crippen molar-refractivity contribution in [2.45, 2.75) is 25.3 Å². The molecule has 108 valence electrons. The van der Waals surface area contributed by atoms with Gasteiger partial charge in [-0.25, -0.2) is 0 Å². The first-order valence-electron chi connectivity index (χ1n) is 8.32. The van der Waals surface area contributed by atoms with Crippen LogP contribution in [-0.4, -0.2) is 6.54 Å². The summed E-state index contributed by atoms with van der Waals surface area (Å²) >= 11 is 0. The molecule has 1 aliphatic heterocycles. The first-order chi connectivity index (χ1) is 10.9. The third-order valence-electron chi connectivity index (χ3n) is 5.25. The second-order valence-corrected chi connectivity index (χ2v) is 6.51. The van der Waals surface area contributed by atoms with Gasteiger partial charge in [-0.3, -0.25) is 0 Å². The van der Waals surface area contributed by atoms with E-state index in [9.17, 15) is 0 Å². The quantitative estimate of drug-likeness (QED) is 0.462. The van der Waals surface area contributed by atoms with Crippen molar-refractivity contribution < 1.29 is 0 Å². The number of hydrogen-bond donors (Lipinski definition) is 1. The lowest BCUT2D eigenvalue weighted by Crippen LogP contribution is -2.26. The summed E-state index contributed by atoms with van der Waals surface area (Å²) in [7, 11) is 0. The lowest BCUT2D eigenvalue weighted by Gasteiger charge is -2.26. The number of hydrogen-bond acceptors (Lipinski definition) is 1. The van der Waals surface area contributed by atoms with Crippen molar-refractivity contribution in [3.05, 3.63) is 60.2 Å². The van der Waals surface area contributed by atoms with Gasteiger partial charge >= 0.3 is 0 Å². The molecule has 1 atom stereocenters. The SMILES string of the molecule is c1cc2ccc3ccc([C@@H]4CCCCN4)c4ccc(c1)c2c34. The maximum Gasteiger partial charge on any atom is 0.0326 e. The van der Waals surface area contributed by atoms with Crippen molar-refractivity contribution in [3.63, 3.8) is 0 Å². The van der Waals surface area contributed by atoms with Crippen LogP contribution in [0.5, 0.6) is 0 Å². The number of piperidine rings is 1. The Bertz CT molecular complexity index is 948. The average molecular weight is 285 g/mol. The molecule has 1 N–H and O–H groups in total. The Balaban J connectivity index is 1.89. The fourth-order valence-corrected chi connectivity index (χ4v) is 4.18. The van der Waals surface area contributed by atoms with Gasteiger partial charge in [0.25, 0.3) is 0 Å². The van der Waals surface area contributed by atoms with Crippen LogP contribution in [0.2, 0.25) is 0 Å². The summed E-state index contributed by atoms with van der Waals surface area (Å²) in [5.41, 5.74) is 1.48. The molecule has 1 aliphatic rings. The van der Waals surface area contributed by atoms with E-state index in [-0.39, 0.29) is 0 Å². The standard InChI is InChI=1S/C21H19N/c1-2-13-22-19(6-1)17-11-9-16-8-7-14-4-3-5-15-10-12-18(17)21(16)20(14)15/h3-5,7-12,19,22H,1-2,6,13H2/t19-/m0/s1. The molecule has 0 aromatic heterocycles. The Hall–Kier alpha value is -2.12. The molecular formula is C21H19N. The highest BCUT2D eigenvalue weighted by Gasteiger charge is 2.18. The third kappa shape index (κ3) is 1.69. The second kappa shape index (κ2) is 4.69. The predicted octanol–water partition coefficient (Wildman–Crippen LogP) is 5.40. The minimum Gasteiger partial charge on any atom is -0.310 e. The molecule has 4 aromatic carbocycles. The molecule has 1 heterocycles. The maximum atomic E-state index is 3.71. The van der Waals surface area contributed by atoms with Gasteiger partial charge in [-0.15, -0.1) is 0 Å². The van der Waals surface area contributed by atoms with Gasteiger partial charge in [0, 0.05) is 6.04 Å². The fraction of sp³-hybridized carbons (Fsp3) is 0.238. The monoisotopic (exact) mass is 285 g/mol. The van der Waals surface area contributed by atoms with E-state index in [2.05, 4.69) is 59.9 Å². The van der Waals surface area contributed by atoms with E-state index in [0.717, 1.165) is 6.54 Å². The maximum absolute atomic E-state index is 3.71. The summed E-state index contributed by atoms with van der Waals surface area (Å²) in [5, 5.41) is 12.1. The highest BCUT2D eigenvalue weighted by atomic mass is 14.9. The van der Waals surface area contributed by atoms with Crippen LogP contribution >= 0.6 is 0 Å². The fourth-order valence-electron chi connectivity index (χ4n) is 4.18. The summed E-state index contributed by atoms with van der Waals surface area (Å²) in [6.45, 7) is 1.15. The molecule has 0 amide bonds. The summed E-state index contributed by atoms with van der Waals surface area (Å²) in [4.78, 5) is 0. The summed E-state index contributed by atoms with van der Waals surface area (Å²) in [6, 6.07) is 20.9. The predicted molar refractivity (Wildman–Crippen MR) is 94.7 cm³/mol. The van der Waals surface area contributed by atoms with Gasteiger partial charge in [-0.05, 0) is 57.3 Å². The normalized spacial score (nSPS) is 19.4. The van der Waals surface area contributed by atoms with Crippen LogP contribution in [0.3, 0.4) is 0 Å². The van der Waals surface area contributed by atoms with Crippen molar-refractivity contribution in [1.29, 1.82) is 0 Å². The van der Waals surface area contributed by atoms with Crippen LogP contribution in [0.25, 0.3) is 32.3 Å². The molecule has 1 nitrogen and oxygen atoms in total. The first kappa shape index (κ1) is 12.4. The Labute approximate surface area is 130 Å². The molecule has 1 saturated heterocycles. The minimum atomic E-state index is 0.512. The molecule has 0 unspecified atom stereocenters. The van der Waals surface area contributed by atoms with Gasteiger partial charge in [0.1, 0.15) is 0 Å². The number of nitrogens with one attached hydrogen (secondary N) is 1. The van der Waals surface area contributed by atoms with Crippen molar-refractivity contribution in [2.75, 3.05) is 6.54 Å². The molecule has 1 fully saturated rings. The Morgan fingerprint density at radius 1 is 0.727 bits per heavy atom. The molecule has 0 aliphatic carbocycles. The van der Waals surface area contributed by atoms with Crippen LogP contribution in [0.4, 0.5) is 0 Å². The molecule has 0 bridgehead atoms. The molecule has 0 saturated carbocycles. The molecule has 22 heavy (non-hydrogen) atoms. The molecule has 1 heteroatoms. The van der Waals surface area contributed by atoms with E-state index in [0.29, 0.717) is 6.04 Å². The Morgan fingerprint density at radius 3 is 2.23 bits per heavy atom. The minimum absolute atomic E-state index is 0.512. The van der Waals surface area contributed by atoms with Gasteiger partial charge in [-0.1, -0.05) is 61.0 Å². The van der Waals surface area contributed by atoms with Gasteiger partial charge in [0.2, 0.25) is 0 Å². The zero-order chi connectivity index (χ0) is 14.5. The summed E-state index contributed by atoms with van der Waals surface area (Å²) in [6.07, 6.45) is 3.89. The highest BCUT2D eigenvalue weighted by molar-refractivity contribution is 6.23. The highest BCUT2D eigenvalue weighted by Crippen LogP contribution is 2.38. The van der Waals surface area contributed by atoms with Crippen LogP contribution in [0.15, 0.2) is 54.6 Å². The van der Waals surface area contributed by atoms with E-state index in [4.69, 9.17) is 0 Å². The Kier molecular flexibility index (Phi) is 2.65. The van der Waals surface area contributed by atoms with Crippen molar-refractivity contribution in [1.82, 2.24) is 5.32 Å². The average Bonchev–Trinajstić information content (AvgIpc) is 2.60. The lowest BCUT2D eigenvalue weighted by atomic mass is 9.88. The van der Waals surface area contributed by atoms with Crippen LogP contribution in [-0.2, 0) is 0 Å². The number of rotatable bonds is 1.